The molecule has 3 aromatic rings. The molecule has 0 bridgehead atoms. The summed E-state index contributed by atoms with van der Waals surface area (Å²) in [7, 11) is 0. The molecule has 2 aromatic heterocycles. The monoisotopic (exact) mass is 498 g/mol. The minimum atomic E-state index is 0.105. The number of hydrogen-bond acceptors (Lipinski definition) is 9. The van der Waals surface area contributed by atoms with Gasteiger partial charge in [-0.05, 0) is 56.1 Å². The molecule has 3 atom stereocenters. The Hall–Kier alpha value is -3.32. The molecule has 192 valence electrons. The molecule has 2 unspecified atom stereocenters. The van der Waals surface area contributed by atoms with Gasteiger partial charge in [-0.2, -0.15) is 5.26 Å². The molecule has 2 saturated heterocycles. The number of hydrogen-bond donors (Lipinski definition) is 1. The number of benzene rings is 1. The van der Waals surface area contributed by atoms with Crippen LogP contribution in [-0.4, -0.2) is 84.4 Å². The van der Waals surface area contributed by atoms with Crippen LogP contribution in [0.25, 0.3) is 11.0 Å². The van der Waals surface area contributed by atoms with E-state index < -0.39 is 0 Å². The minimum Gasteiger partial charge on any atom is -0.370 e. The number of rotatable bonds is 4. The standard InChI is InChI=1S/C28H34N8O/c1-19-16-36(25-4-3-22(14-29)27-28(25)32-8-7-31-27)18-23(37-19)17-34-9-11-35(12-10-34)26-13-21-5-6-30-20(2)24(21)15-33-26/h3-4,7-8,13,15,19-20,23,30H,5-6,9-12,16-18H2,1-2H3/t19?,20-,23?/m1/s1. The van der Waals surface area contributed by atoms with Crippen molar-refractivity contribution in [1.82, 2.24) is 25.2 Å². The summed E-state index contributed by atoms with van der Waals surface area (Å²) in [5.74, 6) is 1.11. The summed E-state index contributed by atoms with van der Waals surface area (Å²) in [4.78, 5) is 21.1. The van der Waals surface area contributed by atoms with E-state index in [1.807, 2.05) is 12.1 Å². The third-order valence-corrected chi connectivity index (χ3v) is 7.87. The normalized spacial score (nSPS) is 24.6. The number of nitriles is 1. The molecule has 2 fully saturated rings. The summed E-state index contributed by atoms with van der Waals surface area (Å²) < 4.78 is 6.38. The van der Waals surface area contributed by atoms with E-state index in [1.54, 1.807) is 12.4 Å². The average Bonchev–Trinajstić information content (AvgIpc) is 2.92. The van der Waals surface area contributed by atoms with Gasteiger partial charge < -0.3 is 19.9 Å². The van der Waals surface area contributed by atoms with E-state index in [4.69, 9.17) is 9.72 Å². The largest absolute Gasteiger partial charge is 0.370 e. The van der Waals surface area contributed by atoms with Gasteiger partial charge in [-0.25, -0.2) is 4.98 Å². The Bertz CT molecular complexity index is 1320. The highest BCUT2D eigenvalue weighted by atomic mass is 16.5. The first-order valence-electron chi connectivity index (χ1n) is 13.3. The summed E-state index contributed by atoms with van der Waals surface area (Å²) in [6.07, 6.45) is 6.70. The molecule has 5 heterocycles. The van der Waals surface area contributed by atoms with E-state index in [2.05, 4.69) is 62.2 Å². The zero-order valence-electron chi connectivity index (χ0n) is 21.6. The van der Waals surface area contributed by atoms with Crippen molar-refractivity contribution in [2.24, 2.45) is 0 Å². The van der Waals surface area contributed by atoms with Crippen molar-refractivity contribution in [1.29, 1.82) is 5.26 Å². The van der Waals surface area contributed by atoms with Crippen molar-refractivity contribution < 1.29 is 4.74 Å². The summed E-state index contributed by atoms with van der Waals surface area (Å²) in [6.45, 7) is 11.8. The number of piperazine rings is 1. The lowest BCUT2D eigenvalue weighted by Crippen LogP contribution is -2.54. The van der Waals surface area contributed by atoms with Crippen LogP contribution in [0.1, 0.15) is 36.6 Å². The highest BCUT2D eigenvalue weighted by molar-refractivity contribution is 5.92. The predicted molar refractivity (Wildman–Crippen MR) is 144 cm³/mol. The first kappa shape index (κ1) is 24.0. The zero-order valence-corrected chi connectivity index (χ0v) is 21.6. The molecule has 0 saturated carbocycles. The highest BCUT2D eigenvalue weighted by Crippen LogP contribution is 2.29. The Morgan fingerprint density at radius 1 is 1.03 bits per heavy atom. The van der Waals surface area contributed by atoms with Gasteiger partial charge in [0.25, 0.3) is 0 Å². The van der Waals surface area contributed by atoms with Crippen LogP contribution in [0.15, 0.2) is 36.8 Å². The number of nitrogens with one attached hydrogen (secondary N) is 1. The maximum atomic E-state index is 9.49. The fourth-order valence-corrected chi connectivity index (χ4v) is 5.99. The smallest absolute Gasteiger partial charge is 0.128 e. The van der Waals surface area contributed by atoms with Gasteiger partial charge in [0.05, 0.1) is 23.5 Å². The van der Waals surface area contributed by atoms with Gasteiger partial charge in [-0.3, -0.25) is 14.9 Å². The molecule has 0 aliphatic carbocycles. The van der Waals surface area contributed by atoms with Gasteiger partial charge in [0.1, 0.15) is 22.9 Å². The van der Waals surface area contributed by atoms with Gasteiger partial charge in [-0.1, -0.05) is 0 Å². The Morgan fingerprint density at radius 2 is 1.84 bits per heavy atom. The Morgan fingerprint density at radius 3 is 2.65 bits per heavy atom. The number of anilines is 2. The van der Waals surface area contributed by atoms with Crippen molar-refractivity contribution in [2.75, 3.05) is 62.2 Å². The predicted octanol–water partition coefficient (Wildman–Crippen LogP) is 2.52. The van der Waals surface area contributed by atoms with Crippen molar-refractivity contribution in [3.63, 3.8) is 0 Å². The molecule has 37 heavy (non-hydrogen) atoms. The second-order valence-electron chi connectivity index (χ2n) is 10.4. The molecule has 9 heteroatoms. The summed E-state index contributed by atoms with van der Waals surface area (Å²) in [5, 5.41) is 13.0. The van der Waals surface area contributed by atoms with E-state index >= 15 is 0 Å². The van der Waals surface area contributed by atoms with Gasteiger partial charge in [0.2, 0.25) is 0 Å². The molecular formula is C28H34N8O. The lowest BCUT2D eigenvalue weighted by molar-refractivity contribution is -0.0327. The van der Waals surface area contributed by atoms with Crippen LogP contribution >= 0.6 is 0 Å². The summed E-state index contributed by atoms with van der Waals surface area (Å²) in [5.41, 5.74) is 5.80. The van der Waals surface area contributed by atoms with Gasteiger partial charge >= 0.3 is 0 Å². The number of morpholine rings is 1. The lowest BCUT2D eigenvalue weighted by atomic mass is 9.97. The maximum Gasteiger partial charge on any atom is 0.128 e. The number of pyridine rings is 1. The molecule has 3 aliphatic rings. The summed E-state index contributed by atoms with van der Waals surface area (Å²) >= 11 is 0. The Kier molecular flexibility index (Phi) is 6.63. The van der Waals surface area contributed by atoms with Crippen LogP contribution in [0.2, 0.25) is 0 Å². The van der Waals surface area contributed by atoms with Crippen molar-refractivity contribution in [3.05, 3.63) is 53.5 Å². The third kappa shape index (κ3) is 4.85. The molecule has 3 aliphatic heterocycles. The van der Waals surface area contributed by atoms with E-state index in [0.29, 0.717) is 17.1 Å². The quantitative estimate of drug-likeness (QED) is 0.582. The van der Waals surface area contributed by atoms with E-state index in [1.165, 1.54) is 11.1 Å². The fourth-order valence-electron chi connectivity index (χ4n) is 5.99. The second kappa shape index (κ2) is 10.2. The molecular weight excluding hydrogens is 464 g/mol. The Balaban J connectivity index is 1.11. The fraction of sp³-hybridized carbons (Fsp3) is 0.500. The average molecular weight is 499 g/mol. The van der Waals surface area contributed by atoms with E-state index in [0.717, 1.165) is 75.8 Å². The van der Waals surface area contributed by atoms with E-state index in [9.17, 15) is 5.26 Å². The van der Waals surface area contributed by atoms with Gasteiger partial charge in [0.15, 0.2) is 0 Å². The zero-order chi connectivity index (χ0) is 25.4. The van der Waals surface area contributed by atoms with Gasteiger partial charge in [0, 0.05) is 70.4 Å². The molecule has 6 rings (SSSR count). The minimum absolute atomic E-state index is 0.105. The van der Waals surface area contributed by atoms with E-state index in [-0.39, 0.29) is 12.2 Å². The molecule has 0 radical (unpaired) electrons. The molecule has 9 nitrogen and oxygen atoms in total. The van der Waals surface area contributed by atoms with Crippen LogP contribution < -0.4 is 15.1 Å². The van der Waals surface area contributed by atoms with Crippen LogP contribution in [0.4, 0.5) is 11.5 Å². The van der Waals surface area contributed by atoms with Crippen molar-refractivity contribution in [3.8, 4) is 6.07 Å². The summed E-state index contributed by atoms with van der Waals surface area (Å²) in [6, 6.07) is 8.79. The van der Waals surface area contributed by atoms with Crippen LogP contribution in [0, 0.1) is 11.3 Å². The van der Waals surface area contributed by atoms with Crippen LogP contribution in [0.5, 0.6) is 0 Å². The lowest BCUT2D eigenvalue weighted by Gasteiger charge is -2.42. The van der Waals surface area contributed by atoms with Crippen LogP contribution in [0.3, 0.4) is 0 Å². The maximum absolute atomic E-state index is 9.49. The number of nitrogens with zero attached hydrogens (tertiary/aromatic N) is 7. The van der Waals surface area contributed by atoms with Crippen LogP contribution in [-0.2, 0) is 11.2 Å². The SMILES string of the molecule is CC1CN(c2ccc(C#N)c3nccnc23)CC(CN2CCN(c3cc4c(cn3)[C@@H](C)NCC4)CC2)O1. The molecule has 0 spiro atoms. The third-order valence-electron chi connectivity index (χ3n) is 7.87. The second-order valence-corrected chi connectivity index (χ2v) is 10.4. The molecule has 1 N–H and O–H groups in total. The first-order valence-corrected chi connectivity index (χ1v) is 13.3. The Labute approximate surface area is 218 Å². The molecule has 1 aromatic carbocycles. The van der Waals surface area contributed by atoms with Crippen molar-refractivity contribution in [2.45, 2.75) is 38.5 Å². The first-order chi connectivity index (χ1) is 18.1. The van der Waals surface area contributed by atoms with Crippen molar-refractivity contribution >= 4 is 22.5 Å². The highest BCUT2D eigenvalue weighted by Gasteiger charge is 2.30. The number of ether oxygens (including phenoxy) is 1. The number of fused-ring (bicyclic) bond motifs is 2. The van der Waals surface area contributed by atoms with Gasteiger partial charge in [-0.15, -0.1) is 0 Å². The number of aromatic nitrogens is 3. The topological polar surface area (TPSA) is 93.4 Å². The molecule has 0 amide bonds.